The molecule has 3 N–H and O–H groups in total. The Labute approximate surface area is 139 Å². The number of carbonyl (C=O) groups is 2. The largest absolute Gasteiger partial charge is 0.478 e. The zero-order chi connectivity index (χ0) is 15.8. The minimum Gasteiger partial charge on any atom is -0.478 e. The molecule has 0 bridgehead atoms. The van der Waals surface area contributed by atoms with E-state index in [0.717, 1.165) is 12.8 Å². The number of aromatic carboxylic acids is 1. The Morgan fingerprint density at radius 3 is 2.43 bits per heavy atom. The van der Waals surface area contributed by atoms with Gasteiger partial charge in [0.25, 0.3) is 0 Å². The van der Waals surface area contributed by atoms with Crippen LogP contribution in [0.1, 0.15) is 37.0 Å². The second-order valence-corrected chi connectivity index (χ2v) is 7.46. The predicted molar refractivity (Wildman–Crippen MR) is 87.8 cm³/mol. The highest BCUT2D eigenvalue weighted by Gasteiger charge is 2.38. The van der Waals surface area contributed by atoms with Crippen LogP contribution in [-0.4, -0.2) is 22.6 Å². The van der Waals surface area contributed by atoms with E-state index in [4.69, 9.17) is 0 Å². The second-order valence-electron chi connectivity index (χ2n) is 5.69. The maximum atomic E-state index is 12.1. The molecule has 5 nitrogen and oxygen atoms in total. The van der Waals surface area contributed by atoms with Gasteiger partial charge in [0.1, 0.15) is 0 Å². The van der Waals surface area contributed by atoms with Crippen LogP contribution in [0.5, 0.6) is 0 Å². The number of urea groups is 1. The monoisotopic (exact) mass is 418 g/mol. The van der Waals surface area contributed by atoms with Gasteiger partial charge >= 0.3 is 12.0 Å². The standard InChI is InChI=1S/C14H16Br2N2O3/c1-14(2,7-3-4-7)18-13(21)17-11-9(12(19)20)5-8(15)6-10(11)16/h5-7H,3-4H2,1-2H3,(H,19,20)(H2,17,18,21). The Balaban J connectivity index is 2.19. The summed E-state index contributed by atoms with van der Waals surface area (Å²) in [5.74, 6) is -0.621. The van der Waals surface area contributed by atoms with E-state index in [2.05, 4.69) is 42.5 Å². The van der Waals surface area contributed by atoms with E-state index in [9.17, 15) is 14.7 Å². The van der Waals surface area contributed by atoms with Crippen LogP contribution in [0, 0.1) is 5.92 Å². The van der Waals surface area contributed by atoms with Crippen molar-refractivity contribution in [1.29, 1.82) is 0 Å². The van der Waals surface area contributed by atoms with Crippen LogP contribution in [0.4, 0.5) is 10.5 Å². The molecule has 2 amide bonds. The van der Waals surface area contributed by atoms with Gasteiger partial charge in [-0.25, -0.2) is 9.59 Å². The van der Waals surface area contributed by atoms with E-state index in [-0.39, 0.29) is 16.8 Å². The third-order valence-electron chi connectivity index (χ3n) is 3.56. The Kier molecular flexibility index (Phi) is 4.63. The second kappa shape index (κ2) is 5.96. The Bertz CT molecular complexity index is 598. The molecule has 1 saturated carbocycles. The number of carboxylic acid groups (broad SMARTS) is 1. The van der Waals surface area contributed by atoms with Crippen LogP contribution in [0.25, 0.3) is 0 Å². The molecule has 0 atom stereocenters. The molecular weight excluding hydrogens is 404 g/mol. The van der Waals surface area contributed by atoms with Crippen LogP contribution in [0.3, 0.4) is 0 Å². The Morgan fingerprint density at radius 1 is 1.29 bits per heavy atom. The number of halogens is 2. The number of nitrogens with one attached hydrogen (secondary N) is 2. The number of benzene rings is 1. The van der Waals surface area contributed by atoms with Crippen molar-refractivity contribution in [2.24, 2.45) is 5.92 Å². The molecule has 7 heteroatoms. The highest BCUT2D eigenvalue weighted by molar-refractivity contribution is 9.11. The fourth-order valence-corrected chi connectivity index (χ4v) is 3.54. The van der Waals surface area contributed by atoms with Crippen molar-refractivity contribution >= 4 is 49.5 Å². The molecule has 0 aliphatic heterocycles. The number of carbonyl (C=O) groups excluding carboxylic acids is 1. The summed E-state index contributed by atoms with van der Waals surface area (Å²) in [6.45, 7) is 3.94. The molecule has 0 unspecified atom stereocenters. The normalized spacial score (nSPS) is 14.7. The van der Waals surface area contributed by atoms with Crippen LogP contribution in [-0.2, 0) is 0 Å². The van der Waals surface area contributed by atoms with E-state index in [1.165, 1.54) is 6.07 Å². The first-order valence-electron chi connectivity index (χ1n) is 6.52. The maximum Gasteiger partial charge on any atom is 0.337 e. The molecule has 2 rings (SSSR count). The smallest absolute Gasteiger partial charge is 0.337 e. The number of carboxylic acids is 1. The van der Waals surface area contributed by atoms with Gasteiger partial charge in [0, 0.05) is 14.5 Å². The molecule has 0 heterocycles. The average Bonchev–Trinajstić information content (AvgIpc) is 3.15. The summed E-state index contributed by atoms with van der Waals surface area (Å²) >= 11 is 6.52. The van der Waals surface area contributed by atoms with Gasteiger partial charge in [-0.15, -0.1) is 0 Å². The summed E-state index contributed by atoms with van der Waals surface area (Å²) in [5, 5.41) is 14.8. The fraction of sp³-hybridized carbons (Fsp3) is 0.429. The lowest BCUT2D eigenvalue weighted by Crippen LogP contribution is -2.47. The molecule has 1 aliphatic carbocycles. The summed E-state index contributed by atoms with van der Waals surface area (Å²) in [6.07, 6.45) is 2.21. The van der Waals surface area contributed by atoms with E-state index in [1.807, 2.05) is 13.8 Å². The third kappa shape index (κ3) is 3.97. The Hall–Kier alpha value is -1.08. The van der Waals surface area contributed by atoms with Gasteiger partial charge in [-0.3, -0.25) is 0 Å². The summed E-state index contributed by atoms with van der Waals surface area (Å²) in [4.78, 5) is 23.4. The highest BCUT2D eigenvalue weighted by atomic mass is 79.9. The van der Waals surface area contributed by atoms with Gasteiger partial charge in [0.2, 0.25) is 0 Å². The van der Waals surface area contributed by atoms with Crippen LogP contribution in [0.15, 0.2) is 21.1 Å². The highest BCUT2D eigenvalue weighted by Crippen LogP contribution is 2.39. The van der Waals surface area contributed by atoms with Crippen molar-refractivity contribution in [1.82, 2.24) is 5.32 Å². The molecule has 21 heavy (non-hydrogen) atoms. The van der Waals surface area contributed by atoms with Gasteiger partial charge in [0.15, 0.2) is 0 Å². The van der Waals surface area contributed by atoms with Crippen molar-refractivity contribution in [3.63, 3.8) is 0 Å². The maximum absolute atomic E-state index is 12.1. The van der Waals surface area contributed by atoms with E-state index in [1.54, 1.807) is 6.07 Å². The molecule has 1 fully saturated rings. The average molecular weight is 420 g/mol. The van der Waals surface area contributed by atoms with Gasteiger partial charge in [0.05, 0.1) is 11.3 Å². The zero-order valence-electron chi connectivity index (χ0n) is 11.7. The molecule has 1 aliphatic rings. The number of hydrogen-bond donors (Lipinski definition) is 3. The molecule has 1 aromatic rings. The lowest BCUT2D eigenvalue weighted by Gasteiger charge is -2.26. The van der Waals surface area contributed by atoms with Crippen molar-refractivity contribution in [2.75, 3.05) is 5.32 Å². The van der Waals surface area contributed by atoms with Crippen LogP contribution < -0.4 is 10.6 Å². The van der Waals surface area contributed by atoms with Gasteiger partial charge in [-0.2, -0.15) is 0 Å². The first-order chi connectivity index (χ1) is 9.70. The fourth-order valence-electron chi connectivity index (χ4n) is 2.21. The summed E-state index contributed by atoms with van der Waals surface area (Å²) in [6, 6.07) is 2.74. The van der Waals surface area contributed by atoms with Gasteiger partial charge in [-0.1, -0.05) is 15.9 Å². The van der Waals surface area contributed by atoms with E-state index in [0.29, 0.717) is 14.9 Å². The number of amides is 2. The number of anilines is 1. The first-order valence-corrected chi connectivity index (χ1v) is 8.11. The van der Waals surface area contributed by atoms with Gasteiger partial charge in [-0.05, 0) is 60.7 Å². The van der Waals surface area contributed by atoms with E-state index >= 15 is 0 Å². The third-order valence-corrected chi connectivity index (χ3v) is 4.64. The molecule has 0 aromatic heterocycles. The summed E-state index contributed by atoms with van der Waals surface area (Å²) in [7, 11) is 0. The molecular formula is C14H16Br2N2O3. The molecule has 0 radical (unpaired) electrons. The quantitative estimate of drug-likeness (QED) is 0.683. The molecule has 1 aromatic carbocycles. The minimum absolute atomic E-state index is 0.0237. The number of rotatable bonds is 4. The lowest BCUT2D eigenvalue weighted by atomic mass is 9.99. The van der Waals surface area contributed by atoms with Crippen molar-refractivity contribution in [3.8, 4) is 0 Å². The molecule has 0 spiro atoms. The molecule has 0 saturated heterocycles. The summed E-state index contributed by atoms with van der Waals surface area (Å²) < 4.78 is 1.13. The molecule has 114 valence electrons. The van der Waals surface area contributed by atoms with E-state index < -0.39 is 12.0 Å². The zero-order valence-corrected chi connectivity index (χ0v) is 14.8. The Morgan fingerprint density at radius 2 is 1.90 bits per heavy atom. The summed E-state index contributed by atoms with van der Waals surface area (Å²) in [5.41, 5.74) is -0.0274. The topological polar surface area (TPSA) is 78.4 Å². The van der Waals surface area contributed by atoms with Crippen molar-refractivity contribution in [3.05, 3.63) is 26.6 Å². The number of hydrogen-bond acceptors (Lipinski definition) is 2. The van der Waals surface area contributed by atoms with Crippen LogP contribution in [0.2, 0.25) is 0 Å². The lowest BCUT2D eigenvalue weighted by molar-refractivity contribution is 0.0698. The first kappa shape index (κ1) is 16.3. The minimum atomic E-state index is -1.10. The van der Waals surface area contributed by atoms with Crippen molar-refractivity contribution in [2.45, 2.75) is 32.2 Å². The SMILES string of the molecule is CC(C)(NC(=O)Nc1c(Br)cc(Br)cc1C(=O)O)C1CC1. The van der Waals surface area contributed by atoms with Crippen LogP contribution >= 0.6 is 31.9 Å². The predicted octanol–water partition coefficient (Wildman–Crippen LogP) is 4.22. The van der Waals surface area contributed by atoms with Crippen molar-refractivity contribution < 1.29 is 14.7 Å². The van der Waals surface area contributed by atoms with Gasteiger partial charge < -0.3 is 15.7 Å².